The third kappa shape index (κ3) is 4.20. The van der Waals surface area contributed by atoms with E-state index in [4.69, 9.17) is 0 Å². The standard InChI is InChI=1S/C20H20N4O/c1-3-15-9-10-17(23-19-11-14(2)21-13-22-19)12-18(15)24-20(25)16-7-5-4-6-8-16/h4-13H,3H2,1-2H3,(H,24,25)(H,21,22,23). The van der Waals surface area contributed by atoms with Crippen LogP contribution in [-0.4, -0.2) is 15.9 Å². The van der Waals surface area contributed by atoms with Gasteiger partial charge >= 0.3 is 0 Å². The maximum Gasteiger partial charge on any atom is 0.255 e. The lowest BCUT2D eigenvalue weighted by atomic mass is 10.1. The zero-order chi connectivity index (χ0) is 17.6. The van der Waals surface area contributed by atoms with E-state index in [1.54, 1.807) is 12.1 Å². The molecule has 3 rings (SSSR count). The van der Waals surface area contributed by atoms with Gasteiger partial charge in [0.1, 0.15) is 12.1 Å². The van der Waals surface area contributed by atoms with Crippen molar-refractivity contribution < 1.29 is 4.79 Å². The highest BCUT2D eigenvalue weighted by Gasteiger charge is 2.09. The Morgan fingerprint density at radius 3 is 2.56 bits per heavy atom. The van der Waals surface area contributed by atoms with E-state index < -0.39 is 0 Å². The highest BCUT2D eigenvalue weighted by molar-refractivity contribution is 6.04. The predicted molar refractivity (Wildman–Crippen MR) is 100 cm³/mol. The summed E-state index contributed by atoms with van der Waals surface area (Å²) in [4.78, 5) is 20.7. The van der Waals surface area contributed by atoms with E-state index in [2.05, 4.69) is 27.5 Å². The summed E-state index contributed by atoms with van der Waals surface area (Å²) < 4.78 is 0. The Morgan fingerprint density at radius 1 is 1.04 bits per heavy atom. The van der Waals surface area contributed by atoms with Gasteiger partial charge in [-0.25, -0.2) is 9.97 Å². The Bertz CT molecular complexity index is 878. The van der Waals surface area contributed by atoms with Crippen molar-refractivity contribution in [1.29, 1.82) is 0 Å². The fourth-order valence-corrected chi connectivity index (χ4v) is 2.53. The number of aryl methyl sites for hydroxylation is 2. The van der Waals surface area contributed by atoms with Gasteiger partial charge in [-0.1, -0.05) is 31.2 Å². The Labute approximate surface area is 147 Å². The van der Waals surface area contributed by atoms with Crippen molar-refractivity contribution in [3.8, 4) is 0 Å². The van der Waals surface area contributed by atoms with Gasteiger partial charge in [0, 0.05) is 28.7 Å². The number of anilines is 3. The molecule has 126 valence electrons. The second kappa shape index (κ2) is 7.57. The Hall–Kier alpha value is -3.21. The predicted octanol–water partition coefficient (Wildman–Crippen LogP) is 4.34. The Kier molecular flexibility index (Phi) is 5.04. The molecule has 0 fully saturated rings. The first-order valence-electron chi connectivity index (χ1n) is 8.20. The topological polar surface area (TPSA) is 66.9 Å². The number of rotatable bonds is 5. The molecule has 1 heterocycles. The molecular formula is C20H20N4O. The lowest BCUT2D eigenvalue weighted by Gasteiger charge is -2.13. The third-order valence-corrected chi connectivity index (χ3v) is 3.85. The van der Waals surface area contributed by atoms with Gasteiger partial charge in [0.15, 0.2) is 0 Å². The minimum atomic E-state index is -0.120. The third-order valence-electron chi connectivity index (χ3n) is 3.85. The molecule has 0 aliphatic carbocycles. The number of nitrogens with zero attached hydrogens (tertiary/aromatic N) is 2. The molecule has 5 heteroatoms. The van der Waals surface area contributed by atoms with Gasteiger partial charge in [0.2, 0.25) is 0 Å². The SMILES string of the molecule is CCc1ccc(Nc2cc(C)ncn2)cc1NC(=O)c1ccccc1. The molecule has 3 aromatic rings. The van der Waals surface area contributed by atoms with Gasteiger partial charge in [-0.2, -0.15) is 0 Å². The quantitative estimate of drug-likeness (QED) is 0.729. The number of nitrogens with one attached hydrogen (secondary N) is 2. The molecule has 0 spiro atoms. The molecule has 2 N–H and O–H groups in total. The monoisotopic (exact) mass is 332 g/mol. The van der Waals surface area contributed by atoms with Crippen molar-refractivity contribution in [1.82, 2.24) is 9.97 Å². The summed E-state index contributed by atoms with van der Waals surface area (Å²) in [5.74, 6) is 0.599. The summed E-state index contributed by atoms with van der Waals surface area (Å²) in [5, 5.41) is 6.25. The van der Waals surface area contributed by atoms with E-state index in [-0.39, 0.29) is 5.91 Å². The van der Waals surface area contributed by atoms with Crippen LogP contribution in [0.2, 0.25) is 0 Å². The van der Waals surface area contributed by atoms with Crippen LogP contribution in [-0.2, 0) is 6.42 Å². The zero-order valence-electron chi connectivity index (χ0n) is 14.3. The van der Waals surface area contributed by atoms with E-state index in [0.717, 1.165) is 34.9 Å². The van der Waals surface area contributed by atoms with E-state index in [1.807, 2.05) is 49.4 Å². The number of amides is 1. The number of carbonyl (C=O) groups excluding carboxylic acids is 1. The minimum Gasteiger partial charge on any atom is -0.340 e. The molecular weight excluding hydrogens is 312 g/mol. The summed E-state index contributed by atoms with van der Waals surface area (Å²) in [6.45, 7) is 3.98. The first kappa shape index (κ1) is 16.6. The Morgan fingerprint density at radius 2 is 1.84 bits per heavy atom. The van der Waals surface area contributed by atoms with Crippen molar-refractivity contribution in [2.45, 2.75) is 20.3 Å². The molecule has 0 bridgehead atoms. The maximum absolute atomic E-state index is 12.4. The van der Waals surface area contributed by atoms with Crippen LogP contribution in [0.5, 0.6) is 0 Å². The van der Waals surface area contributed by atoms with Crippen LogP contribution in [0.15, 0.2) is 60.9 Å². The van der Waals surface area contributed by atoms with E-state index in [1.165, 1.54) is 6.33 Å². The van der Waals surface area contributed by atoms with Crippen LogP contribution in [0, 0.1) is 6.92 Å². The maximum atomic E-state index is 12.4. The van der Waals surface area contributed by atoms with Gasteiger partial charge in [0.05, 0.1) is 0 Å². The first-order chi connectivity index (χ1) is 12.2. The molecule has 1 amide bonds. The van der Waals surface area contributed by atoms with E-state index >= 15 is 0 Å². The largest absolute Gasteiger partial charge is 0.340 e. The molecule has 0 radical (unpaired) electrons. The van der Waals surface area contributed by atoms with Crippen LogP contribution in [0.25, 0.3) is 0 Å². The molecule has 0 aliphatic rings. The minimum absolute atomic E-state index is 0.120. The molecule has 1 aromatic heterocycles. The number of carbonyl (C=O) groups is 1. The highest BCUT2D eigenvalue weighted by Crippen LogP contribution is 2.24. The fourth-order valence-electron chi connectivity index (χ4n) is 2.53. The lowest BCUT2D eigenvalue weighted by molar-refractivity contribution is 0.102. The smallest absolute Gasteiger partial charge is 0.255 e. The van der Waals surface area contributed by atoms with Crippen molar-refractivity contribution in [3.05, 3.63) is 77.7 Å². The second-order valence-electron chi connectivity index (χ2n) is 5.72. The normalized spacial score (nSPS) is 10.3. The van der Waals surface area contributed by atoms with Crippen molar-refractivity contribution >= 4 is 23.1 Å². The molecule has 0 unspecified atom stereocenters. The fraction of sp³-hybridized carbons (Fsp3) is 0.150. The van der Waals surface area contributed by atoms with Gasteiger partial charge in [-0.05, 0) is 43.2 Å². The number of aromatic nitrogens is 2. The van der Waals surface area contributed by atoms with Gasteiger partial charge in [-0.3, -0.25) is 4.79 Å². The molecule has 5 nitrogen and oxygen atoms in total. The molecule has 2 aromatic carbocycles. The summed E-state index contributed by atoms with van der Waals surface area (Å²) in [7, 11) is 0. The Balaban J connectivity index is 1.84. The van der Waals surface area contributed by atoms with Crippen LogP contribution >= 0.6 is 0 Å². The summed E-state index contributed by atoms with van der Waals surface area (Å²) in [5.41, 5.74) is 4.26. The van der Waals surface area contributed by atoms with E-state index in [0.29, 0.717) is 5.56 Å². The highest BCUT2D eigenvalue weighted by atomic mass is 16.1. The first-order valence-corrected chi connectivity index (χ1v) is 8.20. The second-order valence-corrected chi connectivity index (χ2v) is 5.72. The number of benzene rings is 2. The molecule has 25 heavy (non-hydrogen) atoms. The van der Waals surface area contributed by atoms with E-state index in [9.17, 15) is 4.79 Å². The van der Waals surface area contributed by atoms with Gasteiger partial charge in [-0.15, -0.1) is 0 Å². The van der Waals surface area contributed by atoms with Crippen molar-refractivity contribution in [2.75, 3.05) is 10.6 Å². The van der Waals surface area contributed by atoms with Crippen LogP contribution in [0.4, 0.5) is 17.2 Å². The summed E-state index contributed by atoms with van der Waals surface area (Å²) in [6.07, 6.45) is 2.35. The number of hydrogen-bond donors (Lipinski definition) is 2. The molecule has 0 aliphatic heterocycles. The average molecular weight is 332 g/mol. The van der Waals surface area contributed by atoms with Crippen LogP contribution < -0.4 is 10.6 Å². The summed E-state index contributed by atoms with van der Waals surface area (Å²) >= 11 is 0. The van der Waals surface area contributed by atoms with Crippen LogP contribution in [0.3, 0.4) is 0 Å². The molecule has 0 saturated heterocycles. The zero-order valence-corrected chi connectivity index (χ0v) is 14.3. The average Bonchev–Trinajstić information content (AvgIpc) is 2.63. The van der Waals surface area contributed by atoms with Gasteiger partial charge in [0.25, 0.3) is 5.91 Å². The number of hydrogen-bond acceptors (Lipinski definition) is 4. The molecule has 0 atom stereocenters. The van der Waals surface area contributed by atoms with Crippen LogP contribution in [0.1, 0.15) is 28.5 Å². The van der Waals surface area contributed by atoms with Gasteiger partial charge < -0.3 is 10.6 Å². The van der Waals surface area contributed by atoms with Crippen molar-refractivity contribution in [3.63, 3.8) is 0 Å². The molecule has 0 saturated carbocycles. The van der Waals surface area contributed by atoms with Crippen molar-refractivity contribution in [2.24, 2.45) is 0 Å². The summed E-state index contributed by atoms with van der Waals surface area (Å²) in [6, 6.07) is 17.0. The lowest BCUT2D eigenvalue weighted by Crippen LogP contribution is -2.13.